The van der Waals surface area contributed by atoms with Gasteiger partial charge in [0.2, 0.25) is 0 Å². The van der Waals surface area contributed by atoms with Gasteiger partial charge in [-0.05, 0) is 6.42 Å². The maximum absolute atomic E-state index is 11.6. The maximum Gasteiger partial charge on any atom is 0.305 e. The first kappa shape index (κ1) is 13.7. The molecule has 0 heterocycles. The van der Waals surface area contributed by atoms with Crippen molar-refractivity contribution >= 4 is 14.0 Å². The first-order valence-electron chi connectivity index (χ1n) is 5.56. The van der Waals surface area contributed by atoms with Crippen LogP contribution in [0.25, 0.3) is 0 Å². The molecule has 0 aromatic heterocycles. The van der Waals surface area contributed by atoms with E-state index in [1.165, 1.54) is 6.42 Å². The Morgan fingerprint density at radius 3 is 2.29 bits per heavy atom. The highest BCUT2D eigenvalue weighted by Gasteiger charge is 2.29. The summed E-state index contributed by atoms with van der Waals surface area (Å²) in [7, 11) is -1.37. The van der Waals surface area contributed by atoms with E-state index < -0.39 is 8.07 Å². The number of ether oxygens (including phenoxy) is 1. The van der Waals surface area contributed by atoms with Crippen molar-refractivity contribution in [2.75, 3.05) is 6.61 Å². The van der Waals surface area contributed by atoms with Gasteiger partial charge >= 0.3 is 5.97 Å². The molecule has 14 heavy (non-hydrogen) atoms. The van der Waals surface area contributed by atoms with Gasteiger partial charge in [-0.25, -0.2) is 0 Å². The van der Waals surface area contributed by atoms with Gasteiger partial charge in [0.15, 0.2) is 0 Å². The van der Waals surface area contributed by atoms with Crippen LogP contribution in [0.5, 0.6) is 0 Å². The molecule has 0 aliphatic rings. The highest BCUT2D eigenvalue weighted by molar-refractivity contribution is 6.80. The zero-order valence-corrected chi connectivity index (χ0v) is 11.2. The van der Waals surface area contributed by atoms with E-state index in [9.17, 15) is 4.79 Å². The van der Waals surface area contributed by atoms with Crippen LogP contribution >= 0.6 is 0 Å². The molecule has 0 fully saturated rings. The van der Waals surface area contributed by atoms with Crippen molar-refractivity contribution in [3.8, 4) is 0 Å². The van der Waals surface area contributed by atoms with E-state index in [2.05, 4.69) is 26.6 Å². The van der Waals surface area contributed by atoms with E-state index in [0.717, 1.165) is 12.8 Å². The SMILES string of the molecule is CCCCCOC(=O)C(C)[Si](C)(C)C. The summed E-state index contributed by atoms with van der Waals surface area (Å²) in [6, 6.07) is 0. The fourth-order valence-electron chi connectivity index (χ4n) is 1.00. The molecule has 0 aliphatic carbocycles. The summed E-state index contributed by atoms with van der Waals surface area (Å²) in [5.74, 6) is 0.000250. The first-order valence-corrected chi connectivity index (χ1v) is 9.14. The molecule has 0 aromatic carbocycles. The number of unbranched alkanes of at least 4 members (excludes halogenated alkanes) is 2. The van der Waals surface area contributed by atoms with Crippen LogP contribution in [0, 0.1) is 0 Å². The van der Waals surface area contributed by atoms with Crippen LogP contribution < -0.4 is 0 Å². The summed E-state index contributed by atoms with van der Waals surface area (Å²) >= 11 is 0. The van der Waals surface area contributed by atoms with E-state index in [4.69, 9.17) is 4.74 Å². The second kappa shape index (κ2) is 6.22. The third-order valence-corrected chi connectivity index (χ3v) is 5.48. The minimum Gasteiger partial charge on any atom is -0.466 e. The molecule has 84 valence electrons. The number of hydrogen-bond donors (Lipinski definition) is 0. The van der Waals surface area contributed by atoms with E-state index in [1.54, 1.807) is 0 Å². The summed E-state index contributed by atoms with van der Waals surface area (Å²) in [4.78, 5) is 11.6. The van der Waals surface area contributed by atoms with Crippen LogP contribution in [0.15, 0.2) is 0 Å². The zero-order valence-electron chi connectivity index (χ0n) is 10.2. The summed E-state index contributed by atoms with van der Waals surface area (Å²) in [6.07, 6.45) is 3.32. The normalized spacial score (nSPS) is 13.8. The Kier molecular flexibility index (Phi) is 6.08. The largest absolute Gasteiger partial charge is 0.466 e. The lowest BCUT2D eigenvalue weighted by molar-refractivity contribution is -0.143. The monoisotopic (exact) mass is 216 g/mol. The van der Waals surface area contributed by atoms with Gasteiger partial charge in [0.1, 0.15) is 0 Å². The van der Waals surface area contributed by atoms with Crippen LogP contribution in [0.3, 0.4) is 0 Å². The summed E-state index contributed by atoms with van der Waals surface area (Å²) in [5.41, 5.74) is 0.115. The lowest BCUT2D eigenvalue weighted by atomic mass is 10.3. The molecule has 0 N–H and O–H groups in total. The zero-order chi connectivity index (χ0) is 11.2. The van der Waals surface area contributed by atoms with Gasteiger partial charge in [-0.1, -0.05) is 46.3 Å². The molecule has 3 heteroatoms. The highest BCUT2D eigenvalue weighted by Crippen LogP contribution is 2.22. The van der Waals surface area contributed by atoms with Crippen molar-refractivity contribution in [1.29, 1.82) is 0 Å². The van der Waals surface area contributed by atoms with Crippen molar-refractivity contribution in [3.63, 3.8) is 0 Å². The Labute approximate surface area is 89.0 Å². The molecule has 1 unspecified atom stereocenters. The molecule has 0 radical (unpaired) electrons. The quantitative estimate of drug-likeness (QED) is 0.386. The van der Waals surface area contributed by atoms with Crippen LogP contribution in [-0.4, -0.2) is 20.7 Å². The fourth-order valence-corrected chi connectivity index (χ4v) is 1.79. The van der Waals surface area contributed by atoms with E-state index in [1.807, 2.05) is 6.92 Å². The molecule has 0 aliphatic heterocycles. The molecule has 0 aromatic rings. The predicted octanol–water partition coefficient (Wildman–Crippen LogP) is 3.45. The summed E-state index contributed by atoms with van der Waals surface area (Å²) < 4.78 is 5.23. The van der Waals surface area contributed by atoms with Gasteiger partial charge in [-0.15, -0.1) is 0 Å². The molecule has 0 saturated heterocycles. The highest BCUT2D eigenvalue weighted by atomic mass is 28.3. The molecule has 0 spiro atoms. The van der Waals surface area contributed by atoms with Crippen molar-refractivity contribution in [2.24, 2.45) is 0 Å². The van der Waals surface area contributed by atoms with Crippen LogP contribution in [-0.2, 0) is 9.53 Å². The van der Waals surface area contributed by atoms with Gasteiger partial charge in [-0.2, -0.15) is 0 Å². The van der Waals surface area contributed by atoms with Gasteiger partial charge in [0.25, 0.3) is 0 Å². The van der Waals surface area contributed by atoms with Crippen LogP contribution in [0.2, 0.25) is 25.2 Å². The topological polar surface area (TPSA) is 26.3 Å². The first-order chi connectivity index (χ1) is 6.39. The summed E-state index contributed by atoms with van der Waals surface area (Å²) in [5, 5.41) is 0. The average molecular weight is 216 g/mol. The average Bonchev–Trinajstić information content (AvgIpc) is 2.09. The second-order valence-electron chi connectivity index (χ2n) is 4.96. The Morgan fingerprint density at radius 1 is 1.29 bits per heavy atom. The number of carbonyl (C=O) groups is 1. The Morgan fingerprint density at radius 2 is 1.86 bits per heavy atom. The number of hydrogen-bond acceptors (Lipinski definition) is 2. The van der Waals surface area contributed by atoms with Gasteiger partial charge in [-0.3, -0.25) is 4.79 Å². The van der Waals surface area contributed by atoms with E-state index in [-0.39, 0.29) is 11.5 Å². The van der Waals surface area contributed by atoms with Crippen molar-refractivity contribution < 1.29 is 9.53 Å². The van der Waals surface area contributed by atoms with Crippen LogP contribution in [0.4, 0.5) is 0 Å². The van der Waals surface area contributed by atoms with Gasteiger partial charge in [0.05, 0.1) is 14.7 Å². The molecule has 0 bridgehead atoms. The second-order valence-corrected chi connectivity index (χ2v) is 10.6. The Bertz CT molecular complexity index is 173. The smallest absolute Gasteiger partial charge is 0.305 e. The lowest BCUT2D eigenvalue weighted by Gasteiger charge is -2.23. The minimum atomic E-state index is -1.37. The lowest BCUT2D eigenvalue weighted by Crippen LogP contribution is -2.32. The Balaban J connectivity index is 3.74. The Hall–Kier alpha value is -0.313. The molecular formula is C11H24O2Si. The minimum absolute atomic E-state index is 0.000250. The molecule has 0 saturated carbocycles. The molecular weight excluding hydrogens is 192 g/mol. The molecule has 0 amide bonds. The van der Waals surface area contributed by atoms with E-state index in [0.29, 0.717) is 6.61 Å². The number of esters is 1. The van der Waals surface area contributed by atoms with Crippen molar-refractivity contribution in [1.82, 2.24) is 0 Å². The third kappa shape index (κ3) is 5.42. The predicted molar refractivity (Wildman–Crippen MR) is 63.3 cm³/mol. The van der Waals surface area contributed by atoms with E-state index >= 15 is 0 Å². The number of rotatable bonds is 6. The van der Waals surface area contributed by atoms with Crippen molar-refractivity contribution in [3.05, 3.63) is 0 Å². The molecule has 0 rings (SSSR count). The maximum atomic E-state index is 11.6. The fraction of sp³-hybridized carbons (Fsp3) is 0.909. The van der Waals surface area contributed by atoms with Crippen LogP contribution in [0.1, 0.15) is 33.1 Å². The summed E-state index contributed by atoms with van der Waals surface area (Å²) in [6.45, 7) is 11.3. The van der Waals surface area contributed by atoms with Crippen molar-refractivity contribution in [2.45, 2.75) is 58.3 Å². The molecule has 2 nitrogen and oxygen atoms in total. The van der Waals surface area contributed by atoms with Gasteiger partial charge in [0, 0.05) is 5.54 Å². The third-order valence-electron chi connectivity index (χ3n) is 2.64. The molecule has 1 atom stereocenters. The standard InChI is InChI=1S/C11H24O2Si/c1-6-7-8-9-13-11(12)10(2)14(3,4)5/h10H,6-9H2,1-5H3. The number of carbonyl (C=O) groups excluding carboxylic acids is 1. The van der Waals surface area contributed by atoms with Gasteiger partial charge < -0.3 is 4.74 Å².